The van der Waals surface area contributed by atoms with Crippen LogP contribution in [-0.4, -0.2) is 49.1 Å². The largest absolute Gasteiger partial charge is 1.00 e. The van der Waals surface area contributed by atoms with E-state index in [1.165, 1.54) is 44.2 Å². The van der Waals surface area contributed by atoms with Crippen molar-refractivity contribution in [1.82, 2.24) is 9.80 Å². The van der Waals surface area contributed by atoms with Gasteiger partial charge < -0.3 is 25.1 Å². The Morgan fingerprint density at radius 3 is 2.20 bits per heavy atom. The monoisotopic (exact) mass is 655 g/mol. The molecule has 0 aliphatic carbocycles. The third-order valence-corrected chi connectivity index (χ3v) is 6.74. The second-order valence-corrected chi connectivity index (χ2v) is 9.88. The van der Waals surface area contributed by atoms with E-state index >= 15 is 4.39 Å². The summed E-state index contributed by atoms with van der Waals surface area (Å²) in [4.78, 5) is 37.1. The van der Waals surface area contributed by atoms with E-state index in [0.29, 0.717) is 12.5 Å². The summed E-state index contributed by atoms with van der Waals surface area (Å²) < 4.78 is 75.9. The van der Waals surface area contributed by atoms with Crippen LogP contribution in [0.3, 0.4) is 0 Å². The molecule has 1 atom stereocenters. The van der Waals surface area contributed by atoms with Crippen LogP contribution in [0.2, 0.25) is 0 Å². The molecule has 13 heteroatoms. The van der Waals surface area contributed by atoms with E-state index < -0.39 is 47.4 Å². The van der Waals surface area contributed by atoms with E-state index in [4.69, 9.17) is 10.5 Å². The number of amides is 2. The number of likely N-dealkylation sites (N-methyl/N-ethyl adjacent to an activating group) is 1. The number of ether oxygens (including phenoxy) is 1. The molecule has 46 heavy (non-hydrogen) atoms. The number of unbranched alkanes of at least 4 members (excludes halogenated alkanes) is 1. The summed E-state index contributed by atoms with van der Waals surface area (Å²) in [6, 6.07) is 14.7. The van der Waals surface area contributed by atoms with Crippen molar-refractivity contribution in [2.75, 3.05) is 20.7 Å². The maximum Gasteiger partial charge on any atom is 1.00 e. The molecule has 0 saturated carbocycles. The summed E-state index contributed by atoms with van der Waals surface area (Å²) in [5.74, 6) is -3.10. The van der Waals surface area contributed by atoms with Gasteiger partial charge in [-0.1, -0.05) is 61.9 Å². The van der Waals surface area contributed by atoms with Crippen LogP contribution in [0, 0.1) is 11.6 Å². The first-order valence-corrected chi connectivity index (χ1v) is 13.8. The van der Waals surface area contributed by atoms with Gasteiger partial charge >= 0.3 is 35.7 Å². The third kappa shape index (κ3) is 10.8. The first kappa shape index (κ1) is 40.4. The maximum atomic E-state index is 15.4. The summed E-state index contributed by atoms with van der Waals surface area (Å²) in [6.45, 7) is 2.33. The van der Waals surface area contributed by atoms with E-state index in [0.717, 1.165) is 29.0 Å². The van der Waals surface area contributed by atoms with Crippen molar-refractivity contribution in [1.29, 1.82) is 0 Å². The average molecular weight is 656 g/mol. The Labute approximate surface area is 287 Å². The molecule has 242 valence electrons. The molecule has 0 radical (unpaired) electrons. The maximum absolute atomic E-state index is 15.4. The number of methoxy groups -OCH3 is 1. The number of carbonyl (C=O) groups excluding carboxylic acids is 3. The van der Waals surface area contributed by atoms with E-state index in [-0.39, 0.29) is 65.1 Å². The number of carbonyl (C=O) groups is 2. The molecule has 0 heterocycles. The van der Waals surface area contributed by atoms with Gasteiger partial charge in [-0.15, -0.1) is 0 Å². The Bertz CT molecular complexity index is 1490. The number of hydrogen-bond acceptors (Lipinski definition) is 5. The Morgan fingerprint density at radius 2 is 1.67 bits per heavy atom. The zero-order chi connectivity index (χ0) is 33.7. The molecule has 3 aromatic rings. The number of nitrogens with zero attached hydrogens (tertiary/aromatic N) is 2. The first-order valence-electron chi connectivity index (χ1n) is 13.8. The van der Waals surface area contributed by atoms with Gasteiger partial charge in [0, 0.05) is 36.5 Å². The van der Waals surface area contributed by atoms with Crippen LogP contribution >= 0.6 is 0 Å². The molecule has 1 unspecified atom stereocenters. The quantitative estimate of drug-likeness (QED) is 0.106. The first-order chi connectivity index (χ1) is 21.3. The van der Waals surface area contributed by atoms with Crippen molar-refractivity contribution < 1.29 is 70.6 Å². The van der Waals surface area contributed by atoms with Gasteiger partial charge in [0.2, 0.25) is 6.41 Å². The topological polar surface area (TPSA) is 92.9 Å². The van der Waals surface area contributed by atoms with E-state index in [9.17, 15) is 31.9 Å². The molecule has 2 N–H and O–H groups in total. The van der Waals surface area contributed by atoms with Crippen LogP contribution in [0.4, 0.5) is 22.0 Å². The van der Waals surface area contributed by atoms with Crippen LogP contribution in [0.15, 0.2) is 72.4 Å². The molecule has 3 rings (SSSR count). The van der Waals surface area contributed by atoms with Crippen molar-refractivity contribution in [3.63, 3.8) is 0 Å². The van der Waals surface area contributed by atoms with Crippen molar-refractivity contribution in [3.05, 3.63) is 106 Å². The number of nitrogens with two attached hydrogens (primary N) is 1. The fourth-order valence-electron chi connectivity index (χ4n) is 4.34. The molecule has 0 aliphatic heterocycles. The zero-order valence-electron chi connectivity index (χ0n) is 26.3. The minimum Gasteiger partial charge on any atom is -0.542 e. The predicted molar refractivity (Wildman–Crippen MR) is 160 cm³/mol. The van der Waals surface area contributed by atoms with Gasteiger partial charge in [0.05, 0.1) is 24.8 Å². The third-order valence-electron chi connectivity index (χ3n) is 6.74. The van der Waals surface area contributed by atoms with Crippen LogP contribution in [0.1, 0.15) is 55.0 Å². The van der Waals surface area contributed by atoms with Crippen LogP contribution < -0.4 is 40.0 Å². The van der Waals surface area contributed by atoms with Crippen molar-refractivity contribution >= 4 is 24.2 Å². The number of allylic oxidation sites excluding steroid dienone is 1. The minimum atomic E-state index is -4.91. The summed E-state index contributed by atoms with van der Waals surface area (Å²) >= 11 is 0. The minimum absolute atomic E-state index is 0. The molecule has 0 aromatic heterocycles. The van der Waals surface area contributed by atoms with Gasteiger partial charge in [0.25, 0.3) is 5.91 Å². The predicted octanol–water partition coefficient (Wildman–Crippen LogP) is 3.44. The summed E-state index contributed by atoms with van der Waals surface area (Å²) in [7, 11) is 2.64. The second-order valence-electron chi connectivity index (χ2n) is 9.88. The number of hydrogen-bond donors (Lipinski definition) is 1. The molecular weight excluding hydrogens is 620 g/mol. The van der Waals surface area contributed by atoms with Gasteiger partial charge in [0.1, 0.15) is 5.82 Å². The van der Waals surface area contributed by atoms with E-state index in [2.05, 4.69) is 0 Å². The van der Waals surface area contributed by atoms with Crippen LogP contribution in [0.5, 0.6) is 5.75 Å². The fraction of sp³-hybridized carbons (Fsp3) is 0.303. The zero-order valence-corrected chi connectivity index (χ0v) is 28.3. The Kier molecular flexibility index (Phi) is 16.9. The number of halogens is 5. The van der Waals surface area contributed by atoms with Crippen molar-refractivity contribution in [2.24, 2.45) is 5.73 Å². The van der Waals surface area contributed by atoms with Crippen LogP contribution in [-0.2, 0) is 27.1 Å². The molecule has 0 spiro atoms. The van der Waals surface area contributed by atoms with E-state index in [1.54, 1.807) is 36.6 Å². The molecule has 0 bridgehead atoms. The normalized spacial score (nSPS) is 12.0. The number of alkyl halides is 3. The molecule has 3 aromatic carbocycles. The van der Waals surface area contributed by atoms with Crippen molar-refractivity contribution in [3.8, 4) is 5.75 Å². The number of rotatable bonds is 12. The van der Waals surface area contributed by atoms with E-state index in [1.807, 2.05) is 6.92 Å². The van der Waals surface area contributed by atoms with Gasteiger partial charge in [-0.05, 0) is 30.7 Å². The molecule has 2 amide bonds. The fourth-order valence-corrected chi connectivity index (χ4v) is 4.34. The summed E-state index contributed by atoms with van der Waals surface area (Å²) in [5, 5.41) is 0. The smallest absolute Gasteiger partial charge is 0.542 e. The average Bonchev–Trinajstić information content (AvgIpc) is 3.01. The second kappa shape index (κ2) is 19.2. The molecule has 0 saturated heterocycles. The Morgan fingerprint density at radius 1 is 1.04 bits per heavy atom. The van der Waals surface area contributed by atoms with Gasteiger partial charge in [-0.25, -0.2) is 8.78 Å². The molecule has 0 fully saturated rings. The Balaban J connectivity index is 0.00000163. The summed E-state index contributed by atoms with van der Waals surface area (Å²) in [5.41, 5.74) is 4.10. The van der Waals surface area contributed by atoms with Gasteiger partial charge in [0.15, 0.2) is 11.6 Å². The number of benzene rings is 3. The van der Waals surface area contributed by atoms with Gasteiger partial charge in [-0.2, -0.15) is 19.6 Å². The molecular formula is C33H35F5N3NaO4. The molecule has 7 nitrogen and oxygen atoms in total. The van der Waals surface area contributed by atoms with Crippen molar-refractivity contribution in [2.45, 2.75) is 45.5 Å². The Hall–Kier alpha value is -3.58. The van der Waals surface area contributed by atoms with Crippen LogP contribution in [0.25, 0.3) is 5.57 Å². The standard InChI is InChI=1S/C29H28F5N3O3.C4H7O.Na/c1-18(37(17-38)15-21-22(29(32,33)34)12-8-13-23(21)30)26(20-11-7-14-25(40-3)27(20)31)28(39)36(2)16-24(35)19-9-5-4-6-10-19;1-2-3-4-5;/h4-14,17,24H,15-16,35H2,1-3H3;2-3H2,1H3;/q;-1;+1/b26-18-;;. The molecule has 0 aliphatic rings. The SMILES string of the molecule is CCC[C-]=O.COc1cccc(/C(C(=O)N(C)CC(N)c2ccccc2)=C(\C)N(C=O)Cc2c(F)cccc2C(F)(F)F)c1F.[Na+]. The summed E-state index contributed by atoms with van der Waals surface area (Å²) in [6.07, 6.45) is -1.48. The van der Waals surface area contributed by atoms with Gasteiger partial charge in [-0.3, -0.25) is 15.9 Å².